The number of carbonyl (C=O) groups excluding carboxylic acids is 1. The Hall–Kier alpha value is -1.89. The number of rotatable bonds is 4. The van der Waals surface area contributed by atoms with Gasteiger partial charge in [-0.1, -0.05) is 24.1 Å². The van der Waals surface area contributed by atoms with Crippen molar-refractivity contribution in [2.75, 3.05) is 18.4 Å². The first-order valence-corrected chi connectivity index (χ1v) is 10.4. The average Bonchev–Trinajstić information content (AvgIpc) is 2.64. The predicted octanol–water partition coefficient (Wildman–Crippen LogP) is 4.08. The Kier molecular flexibility index (Phi) is 5.65. The monoisotopic (exact) mass is 392 g/mol. The summed E-state index contributed by atoms with van der Waals surface area (Å²) in [6.45, 7) is 2.86. The number of halogens is 1. The van der Waals surface area contributed by atoms with Crippen LogP contribution in [0.1, 0.15) is 35.2 Å². The quantitative estimate of drug-likeness (QED) is 0.852. The van der Waals surface area contributed by atoms with Crippen molar-refractivity contribution in [2.45, 2.75) is 31.1 Å². The number of aryl methyl sites for hydroxylation is 1. The van der Waals surface area contributed by atoms with Crippen molar-refractivity contribution in [3.8, 4) is 0 Å². The van der Waals surface area contributed by atoms with Gasteiger partial charge in [0.25, 0.3) is 5.91 Å². The molecule has 1 fully saturated rings. The highest BCUT2D eigenvalue weighted by molar-refractivity contribution is 7.89. The lowest BCUT2D eigenvalue weighted by Gasteiger charge is -2.26. The fourth-order valence-electron chi connectivity index (χ4n) is 3.00. The molecule has 0 spiro atoms. The largest absolute Gasteiger partial charge is 0.322 e. The lowest BCUT2D eigenvalue weighted by molar-refractivity contribution is 0.102. The van der Waals surface area contributed by atoms with E-state index in [1.807, 2.05) is 0 Å². The van der Waals surface area contributed by atoms with E-state index in [2.05, 4.69) is 5.32 Å². The molecular formula is C19H21ClN2O3S. The lowest BCUT2D eigenvalue weighted by Crippen LogP contribution is -2.36. The molecule has 1 aliphatic rings. The molecule has 0 unspecified atom stereocenters. The summed E-state index contributed by atoms with van der Waals surface area (Å²) in [6.07, 6.45) is 2.82. The minimum Gasteiger partial charge on any atom is -0.322 e. The van der Waals surface area contributed by atoms with Crippen LogP contribution in [0.4, 0.5) is 5.69 Å². The van der Waals surface area contributed by atoms with Crippen LogP contribution in [0.5, 0.6) is 0 Å². The van der Waals surface area contributed by atoms with Crippen molar-refractivity contribution in [3.63, 3.8) is 0 Å². The van der Waals surface area contributed by atoms with E-state index >= 15 is 0 Å². The summed E-state index contributed by atoms with van der Waals surface area (Å²) in [7, 11) is -3.56. The summed E-state index contributed by atoms with van der Waals surface area (Å²) >= 11 is 5.84. The maximum Gasteiger partial charge on any atom is 0.255 e. The Balaban J connectivity index is 1.85. The summed E-state index contributed by atoms with van der Waals surface area (Å²) in [5.41, 5.74) is 1.57. The van der Waals surface area contributed by atoms with Crippen LogP contribution in [0.25, 0.3) is 0 Å². The van der Waals surface area contributed by atoms with E-state index in [0.717, 1.165) is 19.3 Å². The van der Waals surface area contributed by atoms with Crippen molar-refractivity contribution < 1.29 is 13.2 Å². The van der Waals surface area contributed by atoms with E-state index in [1.54, 1.807) is 43.3 Å². The van der Waals surface area contributed by atoms with Gasteiger partial charge in [-0.25, -0.2) is 8.42 Å². The molecule has 0 aliphatic carbocycles. The van der Waals surface area contributed by atoms with Crippen molar-refractivity contribution in [1.82, 2.24) is 4.31 Å². The third-order valence-electron chi connectivity index (χ3n) is 4.49. The standard InChI is InChI=1S/C19H21ClN2O3S/c1-14-5-10-17(21-19(23)15-6-8-16(20)9-7-15)13-18(14)26(24,25)22-11-3-2-4-12-22/h5-10,13H,2-4,11-12H2,1H3,(H,21,23). The summed E-state index contributed by atoms with van der Waals surface area (Å²) in [5, 5.41) is 3.30. The Labute approximate surface area is 159 Å². The Morgan fingerprint density at radius 1 is 1.04 bits per heavy atom. The third-order valence-corrected chi connectivity index (χ3v) is 6.78. The van der Waals surface area contributed by atoms with E-state index in [-0.39, 0.29) is 10.8 Å². The molecule has 1 heterocycles. The molecule has 1 saturated heterocycles. The number of nitrogens with zero attached hydrogens (tertiary/aromatic N) is 1. The van der Waals surface area contributed by atoms with Crippen LogP contribution in [0, 0.1) is 6.92 Å². The molecule has 2 aromatic carbocycles. The van der Waals surface area contributed by atoms with E-state index in [9.17, 15) is 13.2 Å². The van der Waals surface area contributed by atoms with Gasteiger partial charge in [-0.15, -0.1) is 0 Å². The first kappa shape index (κ1) is 18.9. The SMILES string of the molecule is Cc1ccc(NC(=O)c2ccc(Cl)cc2)cc1S(=O)(=O)N1CCCCC1. The fourth-order valence-corrected chi connectivity index (χ4v) is 4.90. The molecule has 26 heavy (non-hydrogen) atoms. The average molecular weight is 393 g/mol. The van der Waals surface area contributed by atoms with Crippen LogP contribution >= 0.6 is 11.6 Å². The number of hydrogen-bond acceptors (Lipinski definition) is 3. The summed E-state index contributed by atoms with van der Waals surface area (Å²) < 4.78 is 27.4. The number of amides is 1. The van der Waals surface area contributed by atoms with Crippen LogP contribution in [0.15, 0.2) is 47.4 Å². The molecule has 7 heteroatoms. The van der Waals surface area contributed by atoms with Gasteiger partial charge in [-0.05, 0) is 61.7 Å². The van der Waals surface area contributed by atoms with Gasteiger partial charge < -0.3 is 5.32 Å². The van der Waals surface area contributed by atoms with Gasteiger partial charge in [0.05, 0.1) is 4.90 Å². The minimum atomic E-state index is -3.56. The van der Waals surface area contributed by atoms with Gasteiger partial charge >= 0.3 is 0 Å². The van der Waals surface area contributed by atoms with Crippen molar-refractivity contribution >= 4 is 33.2 Å². The highest BCUT2D eigenvalue weighted by Gasteiger charge is 2.27. The molecule has 1 N–H and O–H groups in total. The van der Waals surface area contributed by atoms with E-state index < -0.39 is 10.0 Å². The maximum atomic E-state index is 13.0. The molecule has 0 aromatic heterocycles. The molecule has 1 aliphatic heterocycles. The topological polar surface area (TPSA) is 66.5 Å². The highest BCUT2D eigenvalue weighted by atomic mass is 35.5. The zero-order valence-electron chi connectivity index (χ0n) is 14.5. The number of hydrogen-bond donors (Lipinski definition) is 1. The molecule has 0 saturated carbocycles. The highest BCUT2D eigenvalue weighted by Crippen LogP contribution is 2.26. The second-order valence-corrected chi connectivity index (χ2v) is 8.75. The van der Waals surface area contributed by atoms with Crippen molar-refractivity contribution in [2.24, 2.45) is 0 Å². The van der Waals surface area contributed by atoms with Crippen LogP contribution in [0.2, 0.25) is 5.02 Å². The second kappa shape index (κ2) is 7.78. The van der Waals surface area contributed by atoms with Crippen LogP contribution in [0.3, 0.4) is 0 Å². The van der Waals surface area contributed by atoms with Crippen LogP contribution < -0.4 is 5.32 Å². The smallest absolute Gasteiger partial charge is 0.255 e. The van der Waals surface area contributed by atoms with Gasteiger partial charge in [0.2, 0.25) is 10.0 Å². The van der Waals surface area contributed by atoms with Crippen molar-refractivity contribution in [1.29, 1.82) is 0 Å². The number of benzene rings is 2. The van der Waals surface area contributed by atoms with Gasteiger partial charge in [-0.2, -0.15) is 4.31 Å². The van der Waals surface area contributed by atoms with Crippen LogP contribution in [-0.2, 0) is 10.0 Å². The molecule has 138 valence electrons. The third kappa shape index (κ3) is 4.09. The molecule has 0 bridgehead atoms. The summed E-state index contributed by atoms with van der Waals surface area (Å²) in [6, 6.07) is 11.5. The number of sulfonamides is 1. The van der Waals surface area contributed by atoms with Gasteiger partial charge in [0.1, 0.15) is 0 Å². The maximum absolute atomic E-state index is 13.0. The zero-order chi connectivity index (χ0) is 18.7. The lowest BCUT2D eigenvalue weighted by atomic mass is 10.2. The van der Waals surface area contributed by atoms with Crippen molar-refractivity contribution in [3.05, 3.63) is 58.6 Å². The number of carbonyl (C=O) groups is 1. The van der Waals surface area contributed by atoms with E-state index in [4.69, 9.17) is 11.6 Å². The summed E-state index contributed by atoms with van der Waals surface area (Å²) in [5.74, 6) is -0.313. The molecule has 2 aromatic rings. The van der Waals surface area contributed by atoms with E-state index in [0.29, 0.717) is 34.9 Å². The number of piperidine rings is 1. The number of nitrogens with one attached hydrogen (secondary N) is 1. The molecule has 0 atom stereocenters. The Morgan fingerprint density at radius 3 is 2.35 bits per heavy atom. The molecular weight excluding hydrogens is 372 g/mol. The minimum absolute atomic E-state index is 0.244. The second-order valence-electron chi connectivity index (χ2n) is 6.41. The summed E-state index contributed by atoms with van der Waals surface area (Å²) in [4.78, 5) is 12.6. The normalized spacial score (nSPS) is 15.6. The Bertz CT molecular complexity index is 905. The van der Waals surface area contributed by atoms with Gasteiger partial charge in [0.15, 0.2) is 0 Å². The Morgan fingerprint density at radius 2 is 1.69 bits per heavy atom. The number of anilines is 1. The molecule has 0 radical (unpaired) electrons. The van der Waals surface area contributed by atoms with Gasteiger partial charge in [0, 0.05) is 29.4 Å². The van der Waals surface area contributed by atoms with Crippen LogP contribution in [-0.4, -0.2) is 31.7 Å². The first-order valence-electron chi connectivity index (χ1n) is 8.55. The van der Waals surface area contributed by atoms with E-state index in [1.165, 1.54) is 10.4 Å². The van der Waals surface area contributed by atoms with Gasteiger partial charge in [-0.3, -0.25) is 4.79 Å². The molecule has 1 amide bonds. The fraction of sp³-hybridized carbons (Fsp3) is 0.316. The molecule has 5 nitrogen and oxygen atoms in total. The predicted molar refractivity (Wildman–Crippen MR) is 103 cm³/mol. The molecule has 3 rings (SSSR count). The zero-order valence-corrected chi connectivity index (χ0v) is 16.1. The first-order chi connectivity index (χ1) is 12.4.